The molecule has 1 aromatic rings. The Balaban J connectivity index is 2.46. The molecular weight excluding hydrogens is 196 g/mol. The highest BCUT2D eigenvalue weighted by Crippen LogP contribution is 2.35. The molecule has 1 heterocycles. The van der Waals surface area contributed by atoms with E-state index in [0.29, 0.717) is 5.56 Å². The second-order valence-corrected chi connectivity index (χ2v) is 4.09. The van der Waals surface area contributed by atoms with Crippen LogP contribution in [0.1, 0.15) is 31.7 Å². The van der Waals surface area contributed by atoms with Crippen LogP contribution in [0.4, 0.5) is 8.78 Å². The van der Waals surface area contributed by atoms with Gasteiger partial charge in [0, 0.05) is 11.1 Å². The van der Waals surface area contributed by atoms with Crippen LogP contribution in [0.5, 0.6) is 0 Å². The van der Waals surface area contributed by atoms with Gasteiger partial charge in [-0.15, -0.1) is 0 Å². The summed E-state index contributed by atoms with van der Waals surface area (Å²) in [6.07, 6.45) is 2.68. The van der Waals surface area contributed by atoms with Crippen LogP contribution < -0.4 is 5.32 Å². The molecule has 1 unspecified atom stereocenters. The van der Waals surface area contributed by atoms with Crippen molar-refractivity contribution in [3.05, 3.63) is 35.4 Å². The molecule has 82 valence electrons. The average Bonchev–Trinajstić information content (AvgIpc) is 2.71. The lowest BCUT2D eigenvalue weighted by Crippen LogP contribution is -2.37. The second-order valence-electron chi connectivity index (χ2n) is 4.09. The first-order valence-electron chi connectivity index (χ1n) is 5.38. The van der Waals surface area contributed by atoms with E-state index in [-0.39, 0.29) is 17.2 Å². The predicted octanol–water partition coefficient (Wildman–Crippen LogP) is 2.95. The van der Waals surface area contributed by atoms with Crippen molar-refractivity contribution in [1.29, 1.82) is 0 Å². The number of benzene rings is 1. The molecule has 0 aromatic heterocycles. The van der Waals surface area contributed by atoms with Gasteiger partial charge in [0.05, 0.1) is 0 Å². The first kappa shape index (κ1) is 10.6. The van der Waals surface area contributed by atoms with E-state index in [9.17, 15) is 8.78 Å². The SMILES string of the molecule is CCC1(c2cc(F)ccc2F)CCCN1. The molecule has 1 aromatic carbocycles. The fourth-order valence-electron chi connectivity index (χ4n) is 2.39. The highest BCUT2D eigenvalue weighted by atomic mass is 19.1. The van der Waals surface area contributed by atoms with Gasteiger partial charge in [0.1, 0.15) is 11.6 Å². The minimum Gasteiger partial charge on any atom is -0.307 e. The Hall–Kier alpha value is -0.960. The summed E-state index contributed by atoms with van der Waals surface area (Å²) in [5.41, 5.74) is 0.120. The molecule has 3 heteroatoms. The molecule has 1 saturated heterocycles. The minimum absolute atomic E-state index is 0.312. The van der Waals surface area contributed by atoms with Crippen LogP contribution in [0, 0.1) is 11.6 Å². The molecule has 0 amide bonds. The molecule has 2 rings (SSSR count). The maximum Gasteiger partial charge on any atom is 0.128 e. The van der Waals surface area contributed by atoms with Crippen molar-refractivity contribution in [2.45, 2.75) is 31.7 Å². The van der Waals surface area contributed by atoms with E-state index < -0.39 is 0 Å². The maximum absolute atomic E-state index is 13.6. The summed E-state index contributed by atoms with van der Waals surface area (Å²) >= 11 is 0. The van der Waals surface area contributed by atoms with Gasteiger partial charge in [0.25, 0.3) is 0 Å². The smallest absolute Gasteiger partial charge is 0.128 e. The molecule has 0 aliphatic carbocycles. The summed E-state index contributed by atoms with van der Waals surface area (Å²) in [5.74, 6) is -0.680. The number of hydrogen-bond donors (Lipinski definition) is 1. The molecule has 1 nitrogen and oxygen atoms in total. The quantitative estimate of drug-likeness (QED) is 0.793. The number of rotatable bonds is 2. The normalized spacial score (nSPS) is 25.8. The fourth-order valence-corrected chi connectivity index (χ4v) is 2.39. The van der Waals surface area contributed by atoms with Crippen LogP contribution in [0.15, 0.2) is 18.2 Å². The molecule has 0 spiro atoms. The van der Waals surface area contributed by atoms with E-state index in [0.717, 1.165) is 31.9 Å². The maximum atomic E-state index is 13.6. The van der Waals surface area contributed by atoms with E-state index in [1.165, 1.54) is 12.1 Å². The molecule has 0 bridgehead atoms. The number of hydrogen-bond acceptors (Lipinski definition) is 1. The van der Waals surface area contributed by atoms with Crippen LogP contribution in [-0.2, 0) is 5.54 Å². The van der Waals surface area contributed by atoms with E-state index >= 15 is 0 Å². The third-order valence-corrected chi connectivity index (χ3v) is 3.29. The lowest BCUT2D eigenvalue weighted by atomic mass is 9.85. The number of halogens is 2. The third kappa shape index (κ3) is 1.76. The third-order valence-electron chi connectivity index (χ3n) is 3.29. The standard InChI is InChI=1S/C12H15F2N/c1-2-12(6-3-7-15-12)10-8-9(13)4-5-11(10)14/h4-5,8,15H,2-3,6-7H2,1H3. The zero-order valence-corrected chi connectivity index (χ0v) is 8.82. The van der Waals surface area contributed by atoms with Crippen molar-refractivity contribution in [3.63, 3.8) is 0 Å². The molecular formula is C12H15F2N. The molecule has 1 atom stereocenters. The lowest BCUT2D eigenvalue weighted by molar-refractivity contribution is 0.356. The summed E-state index contributed by atoms with van der Waals surface area (Å²) in [4.78, 5) is 0. The van der Waals surface area contributed by atoms with E-state index in [1.54, 1.807) is 0 Å². The molecule has 15 heavy (non-hydrogen) atoms. The summed E-state index contributed by atoms with van der Waals surface area (Å²) in [6.45, 7) is 2.88. The molecule has 1 aliphatic rings. The zero-order valence-electron chi connectivity index (χ0n) is 8.82. The zero-order chi connectivity index (χ0) is 10.9. The molecule has 1 N–H and O–H groups in total. The van der Waals surface area contributed by atoms with Crippen LogP contribution in [-0.4, -0.2) is 6.54 Å². The van der Waals surface area contributed by atoms with Crippen LogP contribution in [0.2, 0.25) is 0 Å². The number of nitrogens with one attached hydrogen (secondary N) is 1. The first-order chi connectivity index (χ1) is 7.18. The highest BCUT2D eigenvalue weighted by Gasteiger charge is 2.35. The minimum atomic E-state index is -0.368. The summed E-state index contributed by atoms with van der Waals surface area (Å²) < 4.78 is 26.8. The summed E-state index contributed by atoms with van der Waals surface area (Å²) in [5, 5.41) is 3.30. The largest absolute Gasteiger partial charge is 0.307 e. The van der Waals surface area contributed by atoms with Crippen molar-refractivity contribution >= 4 is 0 Å². The summed E-state index contributed by atoms with van der Waals surface area (Å²) in [6, 6.07) is 3.69. The van der Waals surface area contributed by atoms with Crippen molar-refractivity contribution < 1.29 is 8.78 Å². The van der Waals surface area contributed by atoms with Gasteiger partial charge in [-0.1, -0.05) is 6.92 Å². The van der Waals surface area contributed by atoms with Crippen LogP contribution >= 0.6 is 0 Å². The van der Waals surface area contributed by atoms with Gasteiger partial charge in [-0.25, -0.2) is 8.78 Å². The lowest BCUT2D eigenvalue weighted by Gasteiger charge is -2.29. The average molecular weight is 211 g/mol. The Morgan fingerprint density at radius 2 is 2.20 bits per heavy atom. The van der Waals surface area contributed by atoms with Gasteiger partial charge in [0.15, 0.2) is 0 Å². The highest BCUT2D eigenvalue weighted by molar-refractivity contribution is 5.28. The van der Waals surface area contributed by atoms with Gasteiger partial charge >= 0.3 is 0 Å². The molecule has 0 saturated carbocycles. The van der Waals surface area contributed by atoms with Crippen molar-refractivity contribution in [3.8, 4) is 0 Å². The van der Waals surface area contributed by atoms with E-state index in [1.807, 2.05) is 6.92 Å². The monoisotopic (exact) mass is 211 g/mol. The Morgan fingerprint density at radius 1 is 1.40 bits per heavy atom. The molecule has 1 fully saturated rings. The topological polar surface area (TPSA) is 12.0 Å². The summed E-state index contributed by atoms with van der Waals surface area (Å²) in [7, 11) is 0. The van der Waals surface area contributed by atoms with E-state index in [4.69, 9.17) is 0 Å². The first-order valence-corrected chi connectivity index (χ1v) is 5.38. The van der Waals surface area contributed by atoms with Crippen LogP contribution in [0.3, 0.4) is 0 Å². The van der Waals surface area contributed by atoms with Gasteiger partial charge in [-0.2, -0.15) is 0 Å². The van der Waals surface area contributed by atoms with Gasteiger partial charge in [-0.05, 0) is 44.0 Å². The van der Waals surface area contributed by atoms with Crippen molar-refractivity contribution in [2.75, 3.05) is 6.54 Å². The Morgan fingerprint density at radius 3 is 2.80 bits per heavy atom. The molecule has 0 radical (unpaired) electrons. The fraction of sp³-hybridized carbons (Fsp3) is 0.500. The van der Waals surface area contributed by atoms with Crippen molar-refractivity contribution in [2.24, 2.45) is 0 Å². The molecule has 1 aliphatic heterocycles. The predicted molar refractivity (Wildman–Crippen MR) is 55.6 cm³/mol. The van der Waals surface area contributed by atoms with E-state index in [2.05, 4.69) is 5.32 Å². The Kier molecular flexibility index (Phi) is 2.74. The Labute approximate surface area is 88.5 Å². The van der Waals surface area contributed by atoms with Crippen LogP contribution in [0.25, 0.3) is 0 Å². The Bertz CT molecular complexity index is 357. The van der Waals surface area contributed by atoms with Crippen molar-refractivity contribution in [1.82, 2.24) is 5.32 Å². The van der Waals surface area contributed by atoms with Gasteiger partial charge < -0.3 is 5.32 Å². The van der Waals surface area contributed by atoms with Gasteiger partial charge in [0.2, 0.25) is 0 Å². The second kappa shape index (κ2) is 3.89. The van der Waals surface area contributed by atoms with Gasteiger partial charge in [-0.3, -0.25) is 0 Å².